The third-order valence-electron chi connectivity index (χ3n) is 23.2. The molecule has 20 atom stereocenters. The van der Waals surface area contributed by atoms with Gasteiger partial charge in [0.25, 0.3) is 20.2 Å². The predicted octanol–water partition coefficient (Wildman–Crippen LogP) is 7.80. The normalized spacial score (nSPS) is 43.0. The highest BCUT2D eigenvalue weighted by atomic mass is 32.2. The van der Waals surface area contributed by atoms with Gasteiger partial charge in [0.2, 0.25) is 11.8 Å². The van der Waals surface area contributed by atoms with E-state index in [1.54, 1.807) is 0 Å². The van der Waals surface area contributed by atoms with Gasteiger partial charge in [-0.1, -0.05) is 46.8 Å². The topological polar surface area (TPSA) is 247 Å². The van der Waals surface area contributed by atoms with E-state index >= 15 is 0 Å². The van der Waals surface area contributed by atoms with Crippen molar-refractivity contribution >= 4 is 32.1 Å². The summed E-state index contributed by atoms with van der Waals surface area (Å²) in [5, 5.41) is 38.8. The number of rotatable bonds is 18. The number of aromatic nitrogens is 3. The molecular formula is C55H91N5O11S2. The summed E-state index contributed by atoms with van der Waals surface area (Å²) in [4.78, 5) is 25.1. The lowest BCUT2D eigenvalue weighted by molar-refractivity contribution is -0.179. The van der Waals surface area contributed by atoms with Crippen LogP contribution in [0, 0.1) is 92.7 Å². The molecule has 0 aliphatic heterocycles. The fraction of sp³-hybridized carbons (Fsp3) is 0.927. The molecule has 16 nitrogen and oxygen atoms in total. The molecule has 8 aliphatic rings. The van der Waals surface area contributed by atoms with Crippen LogP contribution in [0.4, 0.5) is 0 Å². The number of hydrogen-bond donors (Lipinski definition) is 6. The molecule has 73 heavy (non-hydrogen) atoms. The lowest BCUT2D eigenvalue weighted by Crippen LogP contribution is -2.58. The number of amides is 2. The maximum absolute atomic E-state index is 12.5. The number of aliphatic hydroxyl groups is 2. The fourth-order valence-electron chi connectivity index (χ4n) is 19.4. The summed E-state index contributed by atoms with van der Waals surface area (Å²) in [7, 11) is -8.23. The molecule has 1 heterocycles. The van der Waals surface area contributed by atoms with Gasteiger partial charge in [-0.3, -0.25) is 18.7 Å². The van der Waals surface area contributed by atoms with Gasteiger partial charge in [0.05, 0.1) is 48.7 Å². The number of nitrogens with one attached hydrogen (secondary N) is 2. The summed E-state index contributed by atoms with van der Waals surface area (Å²) >= 11 is 0. The summed E-state index contributed by atoms with van der Waals surface area (Å²) in [5.74, 6) is 3.57. The number of ether oxygens (including phenoxy) is 1. The van der Waals surface area contributed by atoms with Gasteiger partial charge in [0.1, 0.15) is 5.69 Å². The second-order valence-electron chi connectivity index (χ2n) is 26.7. The van der Waals surface area contributed by atoms with Crippen LogP contribution < -0.4 is 10.6 Å². The Balaban J connectivity index is 0.742. The Labute approximate surface area is 436 Å². The number of carbonyl (C=O) groups excluding carboxylic acids is 2. The van der Waals surface area contributed by atoms with E-state index in [0.29, 0.717) is 78.6 Å². The van der Waals surface area contributed by atoms with Crippen molar-refractivity contribution < 1.29 is 50.5 Å². The Morgan fingerprint density at radius 1 is 0.658 bits per heavy atom. The molecule has 0 bridgehead atoms. The van der Waals surface area contributed by atoms with Crippen molar-refractivity contribution in [1.82, 2.24) is 25.6 Å². The molecule has 6 N–H and O–H groups in total. The Kier molecular flexibility index (Phi) is 16.1. The van der Waals surface area contributed by atoms with E-state index in [-0.39, 0.29) is 82.8 Å². The standard InChI is InChI=1S/C55H91N5O11S2/c1-33(7-13-48(63)56-23-25-72(65,66)67)40-9-11-42-50-44(17-21-54(40,42)5)52(3)19-15-38(27-35(52)29-46(50)61)60-31-37(58-59-60)32-71-39-16-20-53(4)36(28-39)30-47(62)51-43-12-10-41(55(43,6)22-18-45(51)53)34(2)8-14-49(64)57-24-26-73(68,69)70/h31,33-36,38-47,50-51,61-62H,7-30,32H2,1-6H3,(H,56,63)(H,57,64)(H,65,66,67)(H,68,69,70)/t33-,34+,35?,36?,38-,39+,40-,41+,42?,43?,44?,45?,46+,47-,50?,51?,52+,53-,54-,55+/m1/s1. The Bertz CT molecular complexity index is 2370. The van der Waals surface area contributed by atoms with Gasteiger partial charge < -0.3 is 25.6 Å². The highest BCUT2D eigenvalue weighted by Gasteiger charge is 2.65. The molecule has 18 heteroatoms. The fourth-order valence-corrected chi connectivity index (χ4v) is 20.1. The van der Waals surface area contributed by atoms with Crippen LogP contribution in [-0.2, 0) is 41.2 Å². The smallest absolute Gasteiger partial charge is 0.266 e. The molecule has 0 aromatic carbocycles. The Hall–Kier alpha value is -2.22. The SMILES string of the molecule is C[C@H](CCC(=O)NCCS(=O)(=O)O)[C@H]1CCC2C3C(CC[C@@]21C)[C@@]1(C)CC[C@@H](n2cc(CO[C@H]4CC[C@]5(C)C(C4)C[C@@H](O)C4C5CC[C@]5(C)C4CC[C@H]5[C@@H](C)CCC(=O)NCCS(=O)(=O)O)nn2)CC1C[C@@H]3O. The molecule has 2 amide bonds. The number of hydrogen-bond acceptors (Lipinski definition) is 11. The molecule has 1 aromatic heterocycles. The first-order chi connectivity index (χ1) is 34.3. The van der Waals surface area contributed by atoms with Crippen molar-refractivity contribution in [3.8, 4) is 0 Å². The second-order valence-corrected chi connectivity index (χ2v) is 29.8. The minimum atomic E-state index is -4.11. The first-order valence-corrected chi connectivity index (χ1v) is 31.9. The summed E-state index contributed by atoms with van der Waals surface area (Å²) in [5.41, 5.74) is 1.42. The van der Waals surface area contributed by atoms with Crippen molar-refractivity contribution in [3.63, 3.8) is 0 Å². The lowest BCUT2D eigenvalue weighted by Gasteiger charge is -2.62. The molecule has 414 valence electrons. The van der Waals surface area contributed by atoms with Crippen molar-refractivity contribution in [3.05, 3.63) is 11.9 Å². The minimum absolute atomic E-state index is 0.0856. The van der Waals surface area contributed by atoms with Gasteiger partial charge in [-0.05, 0) is 208 Å². The maximum atomic E-state index is 12.5. The minimum Gasteiger partial charge on any atom is -0.393 e. The van der Waals surface area contributed by atoms with E-state index in [4.69, 9.17) is 19.1 Å². The van der Waals surface area contributed by atoms with Crippen LogP contribution in [0.1, 0.15) is 182 Å². The molecular weight excluding hydrogens is 971 g/mol. The van der Waals surface area contributed by atoms with E-state index in [2.05, 4.69) is 68.2 Å². The first-order valence-electron chi connectivity index (χ1n) is 28.6. The van der Waals surface area contributed by atoms with Crippen LogP contribution in [0.2, 0.25) is 0 Å². The monoisotopic (exact) mass is 1060 g/mol. The van der Waals surface area contributed by atoms with Crippen LogP contribution in [0.3, 0.4) is 0 Å². The number of nitrogens with zero attached hydrogens (tertiary/aromatic N) is 3. The quantitative estimate of drug-likeness (QED) is 0.0769. The van der Waals surface area contributed by atoms with Gasteiger partial charge in [-0.2, -0.15) is 16.8 Å². The van der Waals surface area contributed by atoms with Gasteiger partial charge in [-0.15, -0.1) is 5.10 Å². The first kappa shape index (κ1) is 55.5. The van der Waals surface area contributed by atoms with E-state index in [0.717, 1.165) is 121 Å². The average molecular weight is 1060 g/mol. The van der Waals surface area contributed by atoms with Gasteiger partial charge >= 0.3 is 0 Å². The number of carbonyl (C=O) groups is 2. The van der Waals surface area contributed by atoms with Gasteiger partial charge in [0, 0.05) is 25.9 Å². The van der Waals surface area contributed by atoms with Crippen molar-refractivity contribution in [2.24, 2.45) is 92.7 Å². The molecule has 8 unspecified atom stereocenters. The zero-order valence-corrected chi connectivity index (χ0v) is 46.4. The van der Waals surface area contributed by atoms with E-state index in [1.165, 1.54) is 0 Å². The molecule has 8 saturated carbocycles. The van der Waals surface area contributed by atoms with Crippen LogP contribution >= 0.6 is 0 Å². The van der Waals surface area contributed by atoms with Gasteiger partial charge in [-0.25, -0.2) is 4.68 Å². The molecule has 1 aromatic rings. The molecule has 8 aliphatic carbocycles. The second kappa shape index (κ2) is 21.2. The van der Waals surface area contributed by atoms with Gasteiger partial charge in [0.15, 0.2) is 0 Å². The van der Waals surface area contributed by atoms with Crippen molar-refractivity contribution in [2.45, 2.75) is 201 Å². The largest absolute Gasteiger partial charge is 0.393 e. The molecule has 0 radical (unpaired) electrons. The maximum Gasteiger partial charge on any atom is 0.266 e. The van der Waals surface area contributed by atoms with E-state index in [1.807, 2.05) is 0 Å². The van der Waals surface area contributed by atoms with Crippen LogP contribution in [0.15, 0.2) is 6.20 Å². The molecule has 9 rings (SSSR count). The van der Waals surface area contributed by atoms with E-state index < -0.39 is 31.7 Å². The predicted molar refractivity (Wildman–Crippen MR) is 276 cm³/mol. The summed E-state index contributed by atoms with van der Waals surface area (Å²) in [6.45, 7) is 14.7. The highest BCUT2D eigenvalue weighted by molar-refractivity contribution is 7.86. The highest BCUT2D eigenvalue weighted by Crippen LogP contribution is 2.70. The lowest BCUT2D eigenvalue weighted by atomic mass is 9.43. The number of fused-ring (bicyclic) bond motifs is 10. The molecule has 0 saturated heterocycles. The zero-order valence-electron chi connectivity index (χ0n) is 44.8. The summed E-state index contributed by atoms with van der Waals surface area (Å²) in [6, 6.07) is 0.237. The van der Waals surface area contributed by atoms with Crippen LogP contribution in [0.25, 0.3) is 0 Å². The summed E-state index contributed by atoms with van der Waals surface area (Å²) < 4.78 is 71.1. The number of aliphatic hydroxyl groups excluding tert-OH is 2. The van der Waals surface area contributed by atoms with E-state index in [9.17, 15) is 36.6 Å². The molecule has 0 spiro atoms. The molecule has 8 fully saturated rings. The van der Waals surface area contributed by atoms with Crippen LogP contribution in [-0.4, -0.2) is 106 Å². The van der Waals surface area contributed by atoms with Crippen LogP contribution in [0.5, 0.6) is 0 Å². The Morgan fingerprint density at radius 3 is 1.60 bits per heavy atom. The third-order valence-corrected chi connectivity index (χ3v) is 24.7. The van der Waals surface area contributed by atoms with Crippen molar-refractivity contribution in [1.29, 1.82) is 0 Å². The van der Waals surface area contributed by atoms with Crippen molar-refractivity contribution in [2.75, 3.05) is 24.6 Å². The average Bonchev–Trinajstić information content (AvgIpc) is 4.04. The third kappa shape index (κ3) is 11.1. The Morgan fingerprint density at radius 2 is 1.11 bits per heavy atom. The summed E-state index contributed by atoms with van der Waals surface area (Å²) in [6.07, 6.45) is 20.5. The zero-order chi connectivity index (χ0) is 52.5.